The highest BCUT2D eigenvalue weighted by atomic mass is 35.5. The number of aromatic nitrogens is 3. The quantitative estimate of drug-likeness (QED) is 0.859. The average molecular weight is 328 g/mol. The van der Waals surface area contributed by atoms with Gasteiger partial charge in [-0.3, -0.25) is 9.20 Å². The molecule has 22 heavy (non-hydrogen) atoms. The van der Waals surface area contributed by atoms with Crippen molar-refractivity contribution in [1.29, 1.82) is 0 Å². The van der Waals surface area contributed by atoms with Crippen molar-refractivity contribution in [3.8, 4) is 0 Å². The van der Waals surface area contributed by atoms with E-state index in [1.165, 1.54) is 9.08 Å². The van der Waals surface area contributed by atoms with E-state index >= 15 is 0 Å². The third kappa shape index (κ3) is 3.86. The van der Waals surface area contributed by atoms with Gasteiger partial charge >= 0.3 is 5.69 Å². The van der Waals surface area contributed by atoms with Crippen LogP contribution in [0.1, 0.15) is 13.8 Å². The fraction of sp³-hybridized carbons (Fsp3) is 0.500. The van der Waals surface area contributed by atoms with Crippen molar-refractivity contribution in [3.63, 3.8) is 0 Å². The number of amides is 1. The lowest BCUT2D eigenvalue weighted by molar-refractivity contribution is -0.132. The van der Waals surface area contributed by atoms with Crippen LogP contribution < -0.4 is 11.4 Å². The van der Waals surface area contributed by atoms with Crippen LogP contribution in [0.4, 0.5) is 0 Å². The molecule has 2 N–H and O–H groups in total. The van der Waals surface area contributed by atoms with Gasteiger partial charge in [0.1, 0.15) is 6.54 Å². The Balaban J connectivity index is 0.00000242. The van der Waals surface area contributed by atoms with E-state index in [-0.39, 0.29) is 36.0 Å². The summed E-state index contributed by atoms with van der Waals surface area (Å²) in [7, 11) is 1.71. The maximum absolute atomic E-state index is 12.2. The first kappa shape index (κ1) is 18.2. The summed E-state index contributed by atoms with van der Waals surface area (Å²) in [5.74, 6) is -0.165. The Morgan fingerprint density at radius 2 is 2.09 bits per heavy atom. The maximum Gasteiger partial charge on any atom is 0.350 e. The number of carbonyl (C=O) groups excluding carboxylic acids is 1. The number of nitrogens with two attached hydrogens (primary N) is 1. The Morgan fingerprint density at radius 3 is 2.68 bits per heavy atom. The lowest BCUT2D eigenvalue weighted by atomic mass is 9.93. The van der Waals surface area contributed by atoms with E-state index < -0.39 is 0 Å². The molecule has 2 aromatic heterocycles. The molecular weight excluding hydrogens is 306 g/mol. The number of hydrogen-bond donors (Lipinski definition) is 1. The molecular formula is C14H22ClN5O2. The predicted octanol–water partition coefficient (Wildman–Crippen LogP) is 0.361. The van der Waals surface area contributed by atoms with Crippen LogP contribution in [0.25, 0.3) is 5.65 Å². The van der Waals surface area contributed by atoms with Gasteiger partial charge in [0, 0.05) is 19.8 Å². The van der Waals surface area contributed by atoms with Gasteiger partial charge in [0.2, 0.25) is 5.91 Å². The van der Waals surface area contributed by atoms with Gasteiger partial charge in [-0.2, -0.15) is 0 Å². The van der Waals surface area contributed by atoms with Crippen LogP contribution in [-0.2, 0) is 11.3 Å². The molecule has 0 aliphatic carbocycles. The minimum Gasteiger partial charge on any atom is -0.344 e. The lowest BCUT2D eigenvalue weighted by Gasteiger charge is -2.28. The highest BCUT2D eigenvalue weighted by molar-refractivity contribution is 5.85. The van der Waals surface area contributed by atoms with E-state index in [1.54, 1.807) is 36.3 Å². The summed E-state index contributed by atoms with van der Waals surface area (Å²) in [6.07, 6.45) is 1.63. The molecule has 0 aliphatic rings. The smallest absolute Gasteiger partial charge is 0.344 e. The number of nitrogens with zero attached hydrogens (tertiary/aromatic N) is 4. The topological polar surface area (TPSA) is 85.6 Å². The predicted molar refractivity (Wildman–Crippen MR) is 87.2 cm³/mol. The number of hydrogen-bond acceptors (Lipinski definition) is 4. The zero-order valence-electron chi connectivity index (χ0n) is 13.0. The third-order valence-corrected chi connectivity index (χ3v) is 3.42. The molecule has 7 nitrogen and oxygen atoms in total. The van der Waals surface area contributed by atoms with E-state index in [2.05, 4.69) is 5.10 Å². The van der Waals surface area contributed by atoms with Gasteiger partial charge in [0.15, 0.2) is 5.65 Å². The number of pyridine rings is 1. The molecule has 0 aromatic carbocycles. The van der Waals surface area contributed by atoms with Gasteiger partial charge < -0.3 is 10.6 Å². The largest absolute Gasteiger partial charge is 0.350 e. The molecule has 0 atom stereocenters. The maximum atomic E-state index is 12.2. The fourth-order valence-corrected chi connectivity index (χ4v) is 2.11. The van der Waals surface area contributed by atoms with E-state index in [9.17, 15) is 9.59 Å². The Hall–Kier alpha value is -1.86. The Kier molecular flexibility index (Phi) is 5.73. The molecule has 0 bridgehead atoms. The minimum atomic E-state index is -0.314. The SMILES string of the molecule is CN(CC(C)(C)CN)C(=O)Cn1nc2ccccn2c1=O.Cl. The summed E-state index contributed by atoms with van der Waals surface area (Å²) in [6, 6.07) is 5.27. The van der Waals surface area contributed by atoms with Gasteiger partial charge in [-0.15, -0.1) is 17.5 Å². The average Bonchev–Trinajstić information content (AvgIpc) is 2.75. The van der Waals surface area contributed by atoms with Gasteiger partial charge in [-0.1, -0.05) is 19.9 Å². The molecule has 0 unspecified atom stereocenters. The monoisotopic (exact) mass is 327 g/mol. The van der Waals surface area contributed by atoms with E-state index in [0.717, 1.165) is 0 Å². The summed E-state index contributed by atoms with van der Waals surface area (Å²) in [5.41, 5.74) is 5.73. The standard InChI is InChI=1S/C14H21N5O2.ClH/c1-14(2,9-15)10-17(3)12(20)8-19-13(21)18-7-5-4-6-11(18)16-19;/h4-7H,8-10,15H2,1-3H3;1H. The molecule has 0 radical (unpaired) electrons. The first-order valence-electron chi connectivity index (χ1n) is 6.82. The highest BCUT2D eigenvalue weighted by Gasteiger charge is 2.22. The van der Waals surface area contributed by atoms with Crippen LogP contribution in [0.5, 0.6) is 0 Å². The normalized spacial score (nSPS) is 11.3. The zero-order chi connectivity index (χ0) is 15.6. The minimum absolute atomic E-state index is 0. The Labute approximate surface area is 135 Å². The molecule has 1 amide bonds. The fourth-order valence-electron chi connectivity index (χ4n) is 2.11. The van der Waals surface area contributed by atoms with Crippen LogP contribution >= 0.6 is 12.4 Å². The molecule has 0 spiro atoms. The molecule has 0 saturated heterocycles. The van der Waals surface area contributed by atoms with Crippen molar-refractivity contribution in [2.75, 3.05) is 20.1 Å². The molecule has 8 heteroatoms. The summed E-state index contributed by atoms with van der Waals surface area (Å²) in [5, 5.41) is 4.15. The Morgan fingerprint density at radius 1 is 1.41 bits per heavy atom. The van der Waals surface area contributed by atoms with Crippen molar-refractivity contribution in [3.05, 3.63) is 34.9 Å². The van der Waals surface area contributed by atoms with Crippen molar-refractivity contribution < 1.29 is 4.79 Å². The van der Waals surface area contributed by atoms with E-state index in [1.807, 2.05) is 13.8 Å². The van der Waals surface area contributed by atoms with Gasteiger partial charge in [0.05, 0.1) is 0 Å². The molecule has 0 aliphatic heterocycles. The van der Waals surface area contributed by atoms with Crippen LogP contribution in [0.15, 0.2) is 29.2 Å². The number of likely N-dealkylation sites (N-methyl/N-ethyl adjacent to an activating group) is 1. The van der Waals surface area contributed by atoms with Crippen molar-refractivity contribution in [2.45, 2.75) is 20.4 Å². The van der Waals surface area contributed by atoms with Crippen molar-refractivity contribution in [1.82, 2.24) is 19.1 Å². The van der Waals surface area contributed by atoms with Crippen LogP contribution in [-0.4, -0.2) is 45.1 Å². The first-order chi connectivity index (χ1) is 9.84. The number of rotatable bonds is 5. The second kappa shape index (κ2) is 6.93. The summed E-state index contributed by atoms with van der Waals surface area (Å²) in [4.78, 5) is 25.9. The second-order valence-electron chi connectivity index (χ2n) is 5.99. The summed E-state index contributed by atoms with van der Waals surface area (Å²) >= 11 is 0. The third-order valence-electron chi connectivity index (χ3n) is 3.42. The zero-order valence-corrected chi connectivity index (χ0v) is 13.8. The summed E-state index contributed by atoms with van der Waals surface area (Å²) < 4.78 is 2.60. The van der Waals surface area contributed by atoms with Gasteiger partial charge in [-0.25, -0.2) is 9.48 Å². The second-order valence-corrected chi connectivity index (χ2v) is 5.99. The van der Waals surface area contributed by atoms with Crippen LogP contribution in [0.3, 0.4) is 0 Å². The van der Waals surface area contributed by atoms with Gasteiger partial charge in [-0.05, 0) is 24.1 Å². The number of halogens is 1. The molecule has 2 rings (SSSR count). The number of carbonyl (C=O) groups is 1. The molecule has 122 valence electrons. The molecule has 2 aromatic rings. The molecule has 0 saturated carbocycles. The highest BCUT2D eigenvalue weighted by Crippen LogP contribution is 2.13. The summed E-state index contributed by atoms with van der Waals surface area (Å²) in [6.45, 7) is 4.93. The van der Waals surface area contributed by atoms with Crippen LogP contribution in [0.2, 0.25) is 0 Å². The number of fused-ring (bicyclic) bond motifs is 1. The molecule has 0 fully saturated rings. The van der Waals surface area contributed by atoms with E-state index in [0.29, 0.717) is 18.7 Å². The van der Waals surface area contributed by atoms with Crippen LogP contribution in [0, 0.1) is 5.41 Å². The van der Waals surface area contributed by atoms with E-state index in [4.69, 9.17) is 5.73 Å². The van der Waals surface area contributed by atoms with Crippen molar-refractivity contribution in [2.24, 2.45) is 11.1 Å². The Bertz CT molecular complexity index is 707. The lowest BCUT2D eigenvalue weighted by Crippen LogP contribution is -2.42. The van der Waals surface area contributed by atoms with Crippen molar-refractivity contribution >= 4 is 24.0 Å². The first-order valence-corrected chi connectivity index (χ1v) is 6.82. The van der Waals surface area contributed by atoms with Gasteiger partial charge in [0.25, 0.3) is 0 Å². The molecule has 2 heterocycles.